The molecule has 0 aliphatic carbocycles. The summed E-state index contributed by atoms with van der Waals surface area (Å²) >= 11 is 0. The maximum absolute atomic E-state index is 13.7. The van der Waals surface area contributed by atoms with Gasteiger partial charge in [0.2, 0.25) is 0 Å². The third kappa shape index (κ3) is 3.96. The largest absolute Gasteiger partial charge is 0.317 e. The smallest absolute Gasteiger partial charge is 0.261 e. The molecule has 0 heterocycles. The molecular weight excluding hydrogens is 331 g/mol. The van der Waals surface area contributed by atoms with Gasteiger partial charge in [-0.15, -0.1) is 0 Å². The van der Waals surface area contributed by atoms with Crippen molar-refractivity contribution in [3.8, 4) is 0 Å². The van der Waals surface area contributed by atoms with Crippen molar-refractivity contribution in [3.05, 3.63) is 96.1 Å². The first-order valence-electron chi connectivity index (χ1n) is 8.05. The second-order valence-electron chi connectivity index (χ2n) is 5.75. The molecule has 0 atom stereocenters. The van der Waals surface area contributed by atoms with E-state index in [2.05, 4.69) is 0 Å². The third-order valence-corrected chi connectivity index (χ3v) is 6.41. The zero-order valence-corrected chi connectivity index (χ0v) is 14.9. The SMILES string of the molecule is CC(=O)c1ccc(COP(=O)(c2ccccc2)c2ccccc2)cc1. The molecule has 0 bridgehead atoms. The van der Waals surface area contributed by atoms with Gasteiger partial charge in [0.1, 0.15) is 0 Å². The summed E-state index contributed by atoms with van der Waals surface area (Å²) in [6.07, 6.45) is 0. The molecule has 4 heteroatoms. The van der Waals surface area contributed by atoms with E-state index in [-0.39, 0.29) is 12.4 Å². The van der Waals surface area contributed by atoms with Crippen LogP contribution >= 0.6 is 7.37 Å². The van der Waals surface area contributed by atoms with Gasteiger partial charge >= 0.3 is 0 Å². The number of carbonyl (C=O) groups excluding carboxylic acids is 1. The number of hydrogen-bond donors (Lipinski definition) is 0. The molecule has 0 aliphatic rings. The highest BCUT2D eigenvalue weighted by molar-refractivity contribution is 7.74. The maximum atomic E-state index is 13.7. The van der Waals surface area contributed by atoms with Crippen molar-refractivity contribution in [1.29, 1.82) is 0 Å². The summed E-state index contributed by atoms with van der Waals surface area (Å²) in [7, 11) is -3.19. The molecule has 3 aromatic rings. The molecule has 126 valence electrons. The Hall–Kier alpha value is -2.48. The molecule has 0 aliphatic heterocycles. The molecule has 0 fully saturated rings. The number of carbonyl (C=O) groups is 1. The lowest BCUT2D eigenvalue weighted by atomic mass is 10.1. The van der Waals surface area contributed by atoms with Gasteiger partial charge in [0, 0.05) is 16.2 Å². The fraction of sp³-hybridized carbons (Fsp3) is 0.0952. The molecule has 0 spiro atoms. The maximum Gasteiger partial charge on any atom is 0.261 e. The molecule has 3 aromatic carbocycles. The number of Topliss-reactive ketones (excluding diaryl/α,β-unsaturated/α-hetero) is 1. The highest BCUT2D eigenvalue weighted by Gasteiger charge is 2.28. The lowest BCUT2D eigenvalue weighted by Crippen LogP contribution is -2.18. The third-order valence-electron chi connectivity index (χ3n) is 3.97. The standard InChI is InChI=1S/C21H19O3P/c1-17(22)19-14-12-18(13-15-19)16-24-25(23,20-8-4-2-5-9-20)21-10-6-3-7-11-21/h2-15H,16H2,1H3. The van der Waals surface area contributed by atoms with E-state index in [1.165, 1.54) is 6.92 Å². The van der Waals surface area contributed by atoms with Gasteiger partial charge < -0.3 is 4.52 Å². The van der Waals surface area contributed by atoms with Crippen molar-refractivity contribution in [2.45, 2.75) is 13.5 Å². The second kappa shape index (κ2) is 7.60. The molecule has 25 heavy (non-hydrogen) atoms. The minimum Gasteiger partial charge on any atom is -0.317 e. The van der Waals surface area contributed by atoms with Gasteiger partial charge in [0.25, 0.3) is 7.37 Å². The quantitative estimate of drug-likeness (QED) is 0.491. The molecular formula is C21H19O3P. The van der Waals surface area contributed by atoms with Gasteiger partial charge in [-0.2, -0.15) is 0 Å². The predicted octanol–water partition coefficient (Wildman–Crippen LogP) is 4.33. The van der Waals surface area contributed by atoms with Crippen molar-refractivity contribution in [2.75, 3.05) is 0 Å². The summed E-state index contributed by atoms with van der Waals surface area (Å²) < 4.78 is 19.6. The van der Waals surface area contributed by atoms with Crippen molar-refractivity contribution in [1.82, 2.24) is 0 Å². The van der Waals surface area contributed by atoms with Crippen LogP contribution in [0.25, 0.3) is 0 Å². The molecule has 0 saturated heterocycles. The van der Waals surface area contributed by atoms with Crippen molar-refractivity contribution in [2.24, 2.45) is 0 Å². The molecule has 0 radical (unpaired) electrons. The molecule has 0 N–H and O–H groups in total. The van der Waals surface area contributed by atoms with E-state index in [1.807, 2.05) is 72.8 Å². The van der Waals surface area contributed by atoms with Gasteiger partial charge in [-0.25, -0.2) is 0 Å². The second-order valence-corrected chi connectivity index (χ2v) is 8.14. The van der Waals surface area contributed by atoms with E-state index in [1.54, 1.807) is 12.1 Å². The van der Waals surface area contributed by atoms with Gasteiger partial charge in [-0.3, -0.25) is 9.36 Å². The van der Waals surface area contributed by atoms with Crippen LogP contribution in [0.1, 0.15) is 22.8 Å². The van der Waals surface area contributed by atoms with E-state index < -0.39 is 7.37 Å². The lowest BCUT2D eigenvalue weighted by molar-refractivity contribution is 0.101. The average Bonchev–Trinajstić information content (AvgIpc) is 2.68. The lowest BCUT2D eigenvalue weighted by Gasteiger charge is -2.19. The molecule has 0 aromatic heterocycles. The summed E-state index contributed by atoms with van der Waals surface area (Å²) in [5.74, 6) is 0.0201. The average molecular weight is 350 g/mol. The number of hydrogen-bond acceptors (Lipinski definition) is 3. The Bertz CT molecular complexity index is 844. The fourth-order valence-electron chi connectivity index (χ4n) is 2.55. The zero-order valence-electron chi connectivity index (χ0n) is 14.0. The molecule has 0 unspecified atom stereocenters. The summed E-state index contributed by atoms with van der Waals surface area (Å²) in [6, 6.07) is 25.7. The van der Waals surface area contributed by atoms with Gasteiger partial charge in [0.05, 0.1) is 6.61 Å². The van der Waals surface area contributed by atoms with Crippen LogP contribution in [0.3, 0.4) is 0 Å². The van der Waals surface area contributed by atoms with Crippen molar-refractivity contribution < 1.29 is 13.9 Å². The Morgan fingerprint density at radius 1 is 0.800 bits per heavy atom. The van der Waals surface area contributed by atoms with Gasteiger partial charge in [-0.05, 0) is 36.8 Å². The van der Waals surface area contributed by atoms with Gasteiger partial charge in [0.15, 0.2) is 5.78 Å². The summed E-state index contributed by atoms with van der Waals surface area (Å²) in [6.45, 7) is 1.74. The Balaban J connectivity index is 1.89. The van der Waals surface area contributed by atoms with E-state index >= 15 is 0 Å². The summed E-state index contributed by atoms with van der Waals surface area (Å²) in [5.41, 5.74) is 1.52. The number of benzene rings is 3. The van der Waals surface area contributed by atoms with Gasteiger partial charge in [-0.1, -0.05) is 60.7 Å². The number of rotatable bonds is 6. The van der Waals surface area contributed by atoms with Crippen molar-refractivity contribution in [3.63, 3.8) is 0 Å². The van der Waals surface area contributed by atoms with Crippen LogP contribution in [-0.2, 0) is 15.7 Å². The van der Waals surface area contributed by atoms with Crippen LogP contribution in [0.2, 0.25) is 0 Å². The molecule has 0 saturated carbocycles. The van der Waals surface area contributed by atoms with E-state index in [4.69, 9.17) is 4.52 Å². The Kier molecular flexibility index (Phi) is 5.28. The first-order chi connectivity index (χ1) is 12.1. The van der Waals surface area contributed by atoms with Crippen molar-refractivity contribution >= 4 is 23.8 Å². The highest BCUT2D eigenvalue weighted by atomic mass is 31.2. The first kappa shape index (κ1) is 17.3. The zero-order chi connectivity index (χ0) is 17.7. The van der Waals surface area contributed by atoms with Crippen LogP contribution in [0.4, 0.5) is 0 Å². The Labute approximate surface area is 147 Å². The monoisotopic (exact) mass is 350 g/mol. The minimum atomic E-state index is -3.19. The topological polar surface area (TPSA) is 43.4 Å². The molecule has 3 nitrogen and oxygen atoms in total. The first-order valence-corrected chi connectivity index (χ1v) is 9.68. The van der Waals surface area contributed by atoms with Crippen LogP contribution in [0, 0.1) is 0 Å². The van der Waals surface area contributed by atoms with Crippen LogP contribution in [0.15, 0.2) is 84.9 Å². The van der Waals surface area contributed by atoms with Crippen LogP contribution in [-0.4, -0.2) is 5.78 Å². The van der Waals surface area contributed by atoms with E-state index in [9.17, 15) is 9.36 Å². The molecule has 3 rings (SSSR count). The highest BCUT2D eigenvalue weighted by Crippen LogP contribution is 2.45. The number of ketones is 1. The molecule has 0 amide bonds. The van der Waals surface area contributed by atoms with E-state index in [0.717, 1.165) is 5.56 Å². The summed E-state index contributed by atoms with van der Waals surface area (Å²) in [4.78, 5) is 11.4. The Morgan fingerprint density at radius 2 is 1.28 bits per heavy atom. The normalized spacial score (nSPS) is 11.2. The van der Waals surface area contributed by atoms with E-state index in [0.29, 0.717) is 16.2 Å². The van der Waals surface area contributed by atoms with Crippen LogP contribution in [0.5, 0.6) is 0 Å². The summed E-state index contributed by atoms with van der Waals surface area (Å²) in [5, 5.41) is 1.34. The predicted molar refractivity (Wildman–Crippen MR) is 101 cm³/mol. The Morgan fingerprint density at radius 3 is 1.72 bits per heavy atom. The van der Waals surface area contributed by atoms with Crippen LogP contribution < -0.4 is 10.6 Å². The fourth-order valence-corrected chi connectivity index (χ4v) is 4.60. The minimum absolute atomic E-state index is 0.0201.